The van der Waals surface area contributed by atoms with Crippen LogP contribution in [0.5, 0.6) is 0 Å². The molecule has 0 unspecified atom stereocenters. The monoisotopic (exact) mass is 284 g/mol. The second-order valence-corrected chi connectivity index (χ2v) is 4.85. The lowest BCUT2D eigenvalue weighted by atomic mass is 10.1. The molecule has 0 fully saturated rings. The Morgan fingerprint density at radius 2 is 2.00 bits per heavy atom. The van der Waals surface area contributed by atoms with Crippen molar-refractivity contribution in [2.45, 2.75) is 13.8 Å². The quantitative estimate of drug-likeness (QED) is 0.778. The molecule has 4 nitrogen and oxygen atoms in total. The molecule has 0 spiro atoms. The Morgan fingerprint density at radius 3 is 2.76 bits per heavy atom. The van der Waals surface area contributed by atoms with Crippen molar-refractivity contribution in [2.75, 3.05) is 5.32 Å². The minimum absolute atomic E-state index is 0.0111. The summed E-state index contributed by atoms with van der Waals surface area (Å²) in [5, 5.41) is 2.66. The first-order valence-electron chi connectivity index (χ1n) is 6.47. The standard InChI is InChI=1S/C16H13FN2O2/c1-9-3-5-12(13(17)7-9)16(20)19-11-4-6-15-14(8-11)18-10(2)21-15/h3-8H,1-2H3,(H,19,20). The number of hydrogen-bond acceptors (Lipinski definition) is 3. The van der Waals surface area contributed by atoms with E-state index in [1.165, 1.54) is 12.1 Å². The SMILES string of the molecule is Cc1ccc(C(=O)Nc2ccc3oc(C)nc3c2)c(F)c1. The fourth-order valence-corrected chi connectivity index (χ4v) is 2.12. The molecular formula is C16H13FN2O2. The normalized spacial score (nSPS) is 10.8. The van der Waals surface area contributed by atoms with Crippen LogP contribution in [0.1, 0.15) is 21.8 Å². The number of hydrogen-bond donors (Lipinski definition) is 1. The Labute approximate surface area is 120 Å². The molecule has 1 N–H and O–H groups in total. The first-order chi connectivity index (χ1) is 10.0. The topological polar surface area (TPSA) is 55.1 Å². The molecule has 0 bridgehead atoms. The highest BCUT2D eigenvalue weighted by atomic mass is 19.1. The number of anilines is 1. The number of nitrogens with one attached hydrogen (secondary N) is 1. The number of aryl methyl sites for hydroxylation is 2. The average Bonchev–Trinajstić information content (AvgIpc) is 2.77. The minimum atomic E-state index is -0.536. The molecule has 2 aromatic carbocycles. The second kappa shape index (κ2) is 5.01. The van der Waals surface area contributed by atoms with Gasteiger partial charge in [-0.3, -0.25) is 4.79 Å². The van der Waals surface area contributed by atoms with Crippen LogP contribution in [-0.4, -0.2) is 10.9 Å². The Balaban J connectivity index is 1.88. The molecule has 5 heteroatoms. The van der Waals surface area contributed by atoms with E-state index >= 15 is 0 Å². The van der Waals surface area contributed by atoms with Crippen molar-refractivity contribution in [1.29, 1.82) is 0 Å². The number of benzene rings is 2. The average molecular weight is 284 g/mol. The third-order valence-corrected chi connectivity index (χ3v) is 3.12. The van der Waals surface area contributed by atoms with Crippen LogP contribution < -0.4 is 5.32 Å². The van der Waals surface area contributed by atoms with E-state index in [2.05, 4.69) is 10.3 Å². The van der Waals surface area contributed by atoms with Crippen molar-refractivity contribution >= 4 is 22.7 Å². The molecule has 3 rings (SSSR count). The Kier molecular flexibility index (Phi) is 3.17. The van der Waals surface area contributed by atoms with Crippen LogP contribution in [0.2, 0.25) is 0 Å². The van der Waals surface area contributed by atoms with Gasteiger partial charge >= 0.3 is 0 Å². The smallest absolute Gasteiger partial charge is 0.258 e. The molecular weight excluding hydrogens is 271 g/mol. The van der Waals surface area contributed by atoms with E-state index in [1.807, 2.05) is 0 Å². The predicted molar refractivity (Wildman–Crippen MR) is 77.8 cm³/mol. The van der Waals surface area contributed by atoms with Gasteiger partial charge in [0.25, 0.3) is 5.91 Å². The van der Waals surface area contributed by atoms with Crippen LogP contribution >= 0.6 is 0 Å². The fraction of sp³-hybridized carbons (Fsp3) is 0.125. The zero-order chi connectivity index (χ0) is 15.0. The highest BCUT2D eigenvalue weighted by Crippen LogP contribution is 2.20. The molecule has 0 saturated carbocycles. The zero-order valence-corrected chi connectivity index (χ0v) is 11.6. The van der Waals surface area contributed by atoms with Crippen LogP contribution in [0.4, 0.5) is 10.1 Å². The zero-order valence-electron chi connectivity index (χ0n) is 11.6. The van der Waals surface area contributed by atoms with Crippen LogP contribution in [-0.2, 0) is 0 Å². The summed E-state index contributed by atoms with van der Waals surface area (Å²) < 4.78 is 19.1. The lowest BCUT2D eigenvalue weighted by Crippen LogP contribution is -2.13. The minimum Gasteiger partial charge on any atom is -0.441 e. The molecule has 0 aliphatic rings. The number of nitrogens with zero attached hydrogens (tertiary/aromatic N) is 1. The van der Waals surface area contributed by atoms with E-state index in [4.69, 9.17) is 4.42 Å². The molecule has 0 atom stereocenters. The second-order valence-electron chi connectivity index (χ2n) is 4.85. The van der Waals surface area contributed by atoms with Gasteiger partial charge in [-0.2, -0.15) is 0 Å². The van der Waals surface area contributed by atoms with Crippen molar-refractivity contribution < 1.29 is 13.6 Å². The van der Waals surface area contributed by atoms with Crippen molar-refractivity contribution in [1.82, 2.24) is 4.98 Å². The number of carbonyl (C=O) groups excluding carboxylic acids is 1. The third-order valence-electron chi connectivity index (χ3n) is 3.12. The summed E-state index contributed by atoms with van der Waals surface area (Å²) in [6.45, 7) is 3.52. The lowest BCUT2D eigenvalue weighted by Gasteiger charge is -2.06. The molecule has 0 saturated heterocycles. The molecule has 106 valence electrons. The lowest BCUT2D eigenvalue weighted by molar-refractivity contribution is 0.102. The van der Waals surface area contributed by atoms with Gasteiger partial charge in [0.05, 0.1) is 5.56 Å². The first kappa shape index (κ1) is 13.3. The maximum absolute atomic E-state index is 13.8. The summed E-state index contributed by atoms with van der Waals surface area (Å²) in [5.74, 6) is -0.476. The van der Waals surface area contributed by atoms with Gasteiger partial charge in [0.15, 0.2) is 11.5 Å². The molecule has 0 aliphatic heterocycles. The van der Waals surface area contributed by atoms with Gasteiger partial charge in [0.1, 0.15) is 11.3 Å². The molecule has 0 radical (unpaired) electrons. The highest BCUT2D eigenvalue weighted by Gasteiger charge is 2.12. The van der Waals surface area contributed by atoms with Gasteiger partial charge < -0.3 is 9.73 Å². The number of fused-ring (bicyclic) bond motifs is 1. The Bertz CT molecular complexity index is 839. The maximum Gasteiger partial charge on any atom is 0.258 e. The van der Waals surface area contributed by atoms with Gasteiger partial charge in [0.2, 0.25) is 0 Å². The van der Waals surface area contributed by atoms with Gasteiger partial charge in [-0.25, -0.2) is 9.37 Å². The number of rotatable bonds is 2. The third kappa shape index (κ3) is 2.63. The molecule has 0 aliphatic carbocycles. The molecule has 21 heavy (non-hydrogen) atoms. The summed E-state index contributed by atoms with van der Waals surface area (Å²) >= 11 is 0. The highest BCUT2D eigenvalue weighted by molar-refractivity contribution is 6.05. The molecule has 1 aromatic heterocycles. The van der Waals surface area contributed by atoms with Crippen LogP contribution in [0.3, 0.4) is 0 Å². The molecule has 1 heterocycles. The van der Waals surface area contributed by atoms with Gasteiger partial charge in [-0.1, -0.05) is 6.07 Å². The van der Waals surface area contributed by atoms with E-state index in [0.717, 1.165) is 5.56 Å². The number of aromatic nitrogens is 1. The van der Waals surface area contributed by atoms with E-state index in [9.17, 15) is 9.18 Å². The molecule has 1 amide bonds. The van der Waals surface area contributed by atoms with E-state index < -0.39 is 11.7 Å². The molecule has 3 aromatic rings. The number of halogens is 1. The van der Waals surface area contributed by atoms with Gasteiger partial charge in [0, 0.05) is 12.6 Å². The van der Waals surface area contributed by atoms with Crippen LogP contribution in [0.25, 0.3) is 11.1 Å². The summed E-state index contributed by atoms with van der Waals surface area (Å²) in [4.78, 5) is 16.3. The fourth-order valence-electron chi connectivity index (χ4n) is 2.12. The number of carbonyl (C=O) groups is 1. The van der Waals surface area contributed by atoms with E-state index in [1.54, 1.807) is 38.1 Å². The van der Waals surface area contributed by atoms with E-state index in [-0.39, 0.29) is 5.56 Å². The Morgan fingerprint density at radius 1 is 1.19 bits per heavy atom. The predicted octanol–water partition coefficient (Wildman–Crippen LogP) is 3.84. The number of amides is 1. The van der Waals surface area contributed by atoms with Crippen LogP contribution in [0.15, 0.2) is 40.8 Å². The number of oxazole rings is 1. The summed E-state index contributed by atoms with van der Waals surface area (Å²) in [5.41, 5.74) is 2.61. The van der Waals surface area contributed by atoms with Crippen molar-refractivity contribution in [3.8, 4) is 0 Å². The van der Waals surface area contributed by atoms with Crippen LogP contribution in [0, 0.1) is 19.7 Å². The largest absolute Gasteiger partial charge is 0.441 e. The summed E-state index contributed by atoms with van der Waals surface area (Å²) in [6, 6.07) is 9.60. The van der Waals surface area contributed by atoms with Crippen molar-refractivity contribution in [3.05, 3.63) is 59.2 Å². The Hall–Kier alpha value is -2.69. The summed E-state index contributed by atoms with van der Waals surface area (Å²) in [7, 11) is 0. The van der Waals surface area contributed by atoms with E-state index in [0.29, 0.717) is 22.7 Å². The van der Waals surface area contributed by atoms with Crippen molar-refractivity contribution in [3.63, 3.8) is 0 Å². The summed E-state index contributed by atoms with van der Waals surface area (Å²) in [6.07, 6.45) is 0. The van der Waals surface area contributed by atoms with Gasteiger partial charge in [-0.15, -0.1) is 0 Å². The maximum atomic E-state index is 13.8. The van der Waals surface area contributed by atoms with Gasteiger partial charge in [-0.05, 0) is 42.8 Å². The first-order valence-corrected chi connectivity index (χ1v) is 6.47. The van der Waals surface area contributed by atoms with Crippen molar-refractivity contribution in [2.24, 2.45) is 0 Å².